The first kappa shape index (κ1) is 11.9. The highest BCUT2D eigenvalue weighted by molar-refractivity contribution is 5.45. The maximum Gasteiger partial charge on any atom is 0.136 e. The van der Waals surface area contributed by atoms with Crippen molar-refractivity contribution in [2.45, 2.75) is 32.4 Å². The van der Waals surface area contributed by atoms with Gasteiger partial charge in [0.25, 0.3) is 0 Å². The number of nitriles is 1. The third-order valence-electron chi connectivity index (χ3n) is 3.34. The van der Waals surface area contributed by atoms with E-state index in [0.29, 0.717) is 17.4 Å². The summed E-state index contributed by atoms with van der Waals surface area (Å²) < 4.78 is 5.19. The molecule has 2 rings (SSSR count). The van der Waals surface area contributed by atoms with Crippen LogP contribution in [0.4, 0.5) is 0 Å². The number of ether oxygens (including phenoxy) is 1. The maximum absolute atomic E-state index is 8.89. The van der Waals surface area contributed by atoms with Crippen LogP contribution in [0.2, 0.25) is 0 Å². The zero-order valence-electron chi connectivity index (χ0n) is 10.4. The Morgan fingerprint density at radius 2 is 2.29 bits per heavy atom. The number of methoxy groups -OCH3 is 1. The SMILES string of the molecule is COc1cc(CNC(C)C2CC2)ccc1C#N. The molecule has 0 radical (unpaired) electrons. The highest BCUT2D eigenvalue weighted by Crippen LogP contribution is 2.32. The first-order valence-corrected chi connectivity index (χ1v) is 6.05. The zero-order chi connectivity index (χ0) is 12.3. The van der Waals surface area contributed by atoms with Crippen LogP contribution in [0, 0.1) is 17.2 Å². The van der Waals surface area contributed by atoms with Gasteiger partial charge in [0.05, 0.1) is 12.7 Å². The van der Waals surface area contributed by atoms with E-state index >= 15 is 0 Å². The average Bonchev–Trinajstić information content (AvgIpc) is 3.19. The molecule has 0 bridgehead atoms. The quantitative estimate of drug-likeness (QED) is 0.845. The van der Waals surface area contributed by atoms with Gasteiger partial charge in [-0.3, -0.25) is 0 Å². The largest absolute Gasteiger partial charge is 0.495 e. The smallest absolute Gasteiger partial charge is 0.136 e. The van der Waals surface area contributed by atoms with Gasteiger partial charge >= 0.3 is 0 Å². The Balaban J connectivity index is 1.98. The van der Waals surface area contributed by atoms with Gasteiger partial charge in [0.15, 0.2) is 0 Å². The number of nitrogens with zero attached hydrogens (tertiary/aromatic N) is 1. The Morgan fingerprint density at radius 3 is 2.88 bits per heavy atom. The predicted octanol–water partition coefficient (Wildman–Crippen LogP) is 2.45. The molecule has 1 aromatic rings. The molecule has 17 heavy (non-hydrogen) atoms. The molecule has 1 atom stereocenters. The number of hydrogen-bond acceptors (Lipinski definition) is 3. The molecule has 1 fully saturated rings. The molecule has 0 spiro atoms. The highest BCUT2D eigenvalue weighted by Gasteiger charge is 2.27. The lowest BCUT2D eigenvalue weighted by atomic mass is 10.1. The summed E-state index contributed by atoms with van der Waals surface area (Å²) >= 11 is 0. The van der Waals surface area contributed by atoms with E-state index in [1.54, 1.807) is 7.11 Å². The van der Waals surface area contributed by atoms with Crippen molar-refractivity contribution in [3.05, 3.63) is 29.3 Å². The van der Waals surface area contributed by atoms with Crippen LogP contribution in [0.25, 0.3) is 0 Å². The number of rotatable bonds is 5. The summed E-state index contributed by atoms with van der Waals surface area (Å²) in [6.07, 6.45) is 2.70. The van der Waals surface area contributed by atoms with E-state index in [1.165, 1.54) is 12.8 Å². The monoisotopic (exact) mass is 230 g/mol. The molecular weight excluding hydrogens is 212 g/mol. The maximum atomic E-state index is 8.89. The summed E-state index contributed by atoms with van der Waals surface area (Å²) in [5.74, 6) is 1.51. The Labute approximate surface area is 102 Å². The van der Waals surface area contributed by atoms with Crippen LogP contribution in [0.3, 0.4) is 0 Å². The Morgan fingerprint density at radius 1 is 1.53 bits per heavy atom. The van der Waals surface area contributed by atoms with E-state index in [4.69, 9.17) is 10.00 Å². The second-order valence-corrected chi connectivity index (χ2v) is 4.65. The van der Waals surface area contributed by atoms with Crippen LogP contribution in [-0.2, 0) is 6.54 Å². The van der Waals surface area contributed by atoms with Crippen LogP contribution >= 0.6 is 0 Å². The van der Waals surface area contributed by atoms with Gasteiger partial charge in [-0.15, -0.1) is 0 Å². The second kappa shape index (κ2) is 5.20. The molecule has 1 aliphatic rings. The Kier molecular flexibility index (Phi) is 3.65. The fourth-order valence-corrected chi connectivity index (χ4v) is 1.98. The highest BCUT2D eigenvalue weighted by atomic mass is 16.5. The third-order valence-corrected chi connectivity index (χ3v) is 3.34. The molecule has 1 aromatic carbocycles. The number of nitrogens with one attached hydrogen (secondary N) is 1. The van der Waals surface area contributed by atoms with E-state index in [9.17, 15) is 0 Å². The molecule has 90 valence electrons. The van der Waals surface area contributed by atoms with Crippen molar-refractivity contribution in [2.24, 2.45) is 5.92 Å². The molecule has 1 unspecified atom stereocenters. The Hall–Kier alpha value is -1.53. The summed E-state index contributed by atoms with van der Waals surface area (Å²) in [7, 11) is 1.60. The van der Waals surface area contributed by atoms with Crippen LogP contribution in [0.15, 0.2) is 18.2 Å². The first-order chi connectivity index (χ1) is 8.24. The van der Waals surface area contributed by atoms with Gasteiger partial charge < -0.3 is 10.1 Å². The van der Waals surface area contributed by atoms with Crippen molar-refractivity contribution < 1.29 is 4.74 Å². The van der Waals surface area contributed by atoms with E-state index < -0.39 is 0 Å². The Bertz CT molecular complexity index is 432. The first-order valence-electron chi connectivity index (χ1n) is 6.05. The summed E-state index contributed by atoms with van der Waals surface area (Å²) in [6.45, 7) is 3.07. The molecule has 1 N–H and O–H groups in total. The van der Waals surface area contributed by atoms with E-state index in [2.05, 4.69) is 18.3 Å². The fraction of sp³-hybridized carbons (Fsp3) is 0.500. The van der Waals surface area contributed by atoms with Crippen molar-refractivity contribution in [2.75, 3.05) is 7.11 Å². The summed E-state index contributed by atoms with van der Waals surface area (Å²) in [5.41, 5.74) is 1.75. The molecule has 0 amide bonds. The summed E-state index contributed by atoms with van der Waals surface area (Å²) in [5, 5.41) is 12.4. The lowest BCUT2D eigenvalue weighted by Crippen LogP contribution is -2.27. The van der Waals surface area contributed by atoms with Crippen molar-refractivity contribution in [3.63, 3.8) is 0 Å². The summed E-state index contributed by atoms with van der Waals surface area (Å²) in [6, 6.07) is 8.43. The number of hydrogen-bond donors (Lipinski definition) is 1. The van der Waals surface area contributed by atoms with Crippen LogP contribution in [0.1, 0.15) is 30.9 Å². The molecule has 0 heterocycles. The standard InChI is InChI=1S/C14H18N2O/c1-10(12-5-6-12)16-9-11-3-4-13(8-15)14(7-11)17-2/h3-4,7,10,12,16H,5-6,9H2,1-2H3. The average molecular weight is 230 g/mol. The van der Waals surface area contributed by atoms with E-state index in [-0.39, 0.29) is 0 Å². The molecule has 3 heteroatoms. The minimum absolute atomic E-state index is 0.580. The van der Waals surface area contributed by atoms with Crippen molar-refractivity contribution in [1.82, 2.24) is 5.32 Å². The van der Waals surface area contributed by atoms with Crippen LogP contribution in [-0.4, -0.2) is 13.2 Å². The fourth-order valence-electron chi connectivity index (χ4n) is 1.98. The number of benzene rings is 1. The van der Waals surface area contributed by atoms with Crippen LogP contribution in [0.5, 0.6) is 5.75 Å². The molecule has 0 aliphatic heterocycles. The van der Waals surface area contributed by atoms with Gasteiger partial charge in [-0.1, -0.05) is 6.07 Å². The lowest BCUT2D eigenvalue weighted by Gasteiger charge is -2.13. The van der Waals surface area contributed by atoms with Gasteiger partial charge in [-0.25, -0.2) is 0 Å². The topological polar surface area (TPSA) is 45.0 Å². The minimum atomic E-state index is 0.580. The summed E-state index contributed by atoms with van der Waals surface area (Å²) in [4.78, 5) is 0. The van der Waals surface area contributed by atoms with E-state index in [0.717, 1.165) is 18.0 Å². The predicted molar refractivity (Wildman–Crippen MR) is 66.7 cm³/mol. The third kappa shape index (κ3) is 2.98. The van der Waals surface area contributed by atoms with Gasteiger partial charge in [0, 0.05) is 12.6 Å². The van der Waals surface area contributed by atoms with Crippen molar-refractivity contribution in [1.29, 1.82) is 5.26 Å². The molecule has 3 nitrogen and oxygen atoms in total. The van der Waals surface area contributed by atoms with Gasteiger partial charge in [-0.05, 0) is 43.4 Å². The zero-order valence-corrected chi connectivity index (χ0v) is 10.4. The lowest BCUT2D eigenvalue weighted by molar-refractivity contribution is 0.412. The molecular formula is C14H18N2O. The van der Waals surface area contributed by atoms with Gasteiger partial charge in [-0.2, -0.15) is 5.26 Å². The second-order valence-electron chi connectivity index (χ2n) is 4.65. The van der Waals surface area contributed by atoms with Gasteiger partial charge in [0.1, 0.15) is 11.8 Å². The minimum Gasteiger partial charge on any atom is -0.495 e. The van der Waals surface area contributed by atoms with E-state index in [1.807, 2.05) is 18.2 Å². The van der Waals surface area contributed by atoms with Gasteiger partial charge in [0.2, 0.25) is 0 Å². The molecule has 1 saturated carbocycles. The van der Waals surface area contributed by atoms with Crippen molar-refractivity contribution in [3.8, 4) is 11.8 Å². The normalized spacial score (nSPS) is 16.3. The molecule has 0 aromatic heterocycles. The molecule has 0 saturated heterocycles. The van der Waals surface area contributed by atoms with Crippen LogP contribution < -0.4 is 10.1 Å². The molecule has 1 aliphatic carbocycles. The van der Waals surface area contributed by atoms with Crippen molar-refractivity contribution >= 4 is 0 Å².